The summed E-state index contributed by atoms with van der Waals surface area (Å²) in [5.41, 5.74) is 0.270. The molecule has 0 spiro atoms. The first-order chi connectivity index (χ1) is 5.65. The summed E-state index contributed by atoms with van der Waals surface area (Å²) in [5, 5.41) is 8.63. The van der Waals surface area contributed by atoms with Crippen LogP contribution in [-0.4, -0.2) is 35.0 Å². The average Bonchev–Trinajstić information content (AvgIpc) is 2.04. The third kappa shape index (κ3) is 1.80. The first kappa shape index (κ1) is 9.14. The van der Waals surface area contributed by atoms with Crippen molar-refractivity contribution in [3.8, 4) is 5.75 Å². The van der Waals surface area contributed by atoms with Gasteiger partial charge in [0.2, 0.25) is 0 Å². The van der Waals surface area contributed by atoms with Crippen LogP contribution in [0.1, 0.15) is 10.4 Å². The topological polar surface area (TPSA) is 46.5 Å². The van der Waals surface area contributed by atoms with Gasteiger partial charge in [-0.05, 0) is 0 Å². The van der Waals surface area contributed by atoms with Crippen LogP contribution in [0.2, 0.25) is 0 Å². The fourth-order valence-electron chi connectivity index (χ4n) is 0.823. The van der Waals surface area contributed by atoms with E-state index in [-0.39, 0.29) is 5.56 Å². The van der Waals surface area contributed by atoms with E-state index in [4.69, 9.17) is 9.84 Å². The molecule has 12 heavy (non-hydrogen) atoms. The molecule has 0 amide bonds. The molecule has 1 aromatic carbocycles. The van der Waals surface area contributed by atoms with Crippen LogP contribution < -0.4 is 9.09 Å². The summed E-state index contributed by atoms with van der Waals surface area (Å²) in [5.74, 6) is -0.245. The first-order valence-corrected chi connectivity index (χ1v) is 4.19. The molecule has 2 radical (unpaired) electrons. The Morgan fingerprint density at radius 3 is 2.67 bits per heavy atom. The second-order valence-electron chi connectivity index (χ2n) is 2.19. The summed E-state index contributed by atoms with van der Waals surface area (Å²) >= 11 is 2.27. The van der Waals surface area contributed by atoms with Gasteiger partial charge in [-0.1, -0.05) is 0 Å². The zero-order valence-electron chi connectivity index (χ0n) is 6.44. The van der Waals surface area contributed by atoms with Crippen LogP contribution in [0.3, 0.4) is 0 Å². The van der Waals surface area contributed by atoms with Crippen LogP contribution in [0.25, 0.3) is 0 Å². The Kier molecular flexibility index (Phi) is 2.77. The van der Waals surface area contributed by atoms with Gasteiger partial charge in [0.25, 0.3) is 0 Å². The number of hydrogen-bond acceptors (Lipinski definition) is 2. The Morgan fingerprint density at radius 1 is 1.58 bits per heavy atom. The van der Waals surface area contributed by atoms with E-state index in [0.29, 0.717) is 5.75 Å². The van der Waals surface area contributed by atoms with Crippen molar-refractivity contribution in [3.63, 3.8) is 0 Å². The fourth-order valence-corrected chi connectivity index (χ4v) is 1.46. The van der Waals surface area contributed by atoms with Crippen LogP contribution in [0.15, 0.2) is 18.2 Å². The van der Waals surface area contributed by atoms with Crippen molar-refractivity contribution in [2.75, 3.05) is 7.11 Å². The zero-order chi connectivity index (χ0) is 9.14. The molecular formula is C8H7AsO3. The van der Waals surface area contributed by atoms with Crippen LogP contribution in [0, 0.1) is 0 Å². The second-order valence-corrected chi connectivity index (χ2v) is 3.20. The molecule has 1 rings (SSSR count). The van der Waals surface area contributed by atoms with Gasteiger partial charge in [-0.3, -0.25) is 0 Å². The minimum absolute atomic E-state index is 0.270. The Bertz CT molecular complexity index is 309. The molecule has 3 nitrogen and oxygen atoms in total. The number of methoxy groups -OCH3 is 1. The molecule has 0 aliphatic rings. The number of carbonyl (C=O) groups is 1. The molecule has 0 aromatic heterocycles. The fraction of sp³-hybridized carbons (Fsp3) is 0.125. The average molecular weight is 226 g/mol. The Morgan fingerprint density at radius 2 is 2.25 bits per heavy atom. The maximum atomic E-state index is 10.5. The van der Waals surface area contributed by atoms with Gasteiger partial charge in [-0.15, -0.1) is 0 Å². The normalized spacial score (nSPS) is 9.50. The molecule has 0 unspecified atom stereocenters. The van der Waals surface area contributed by atoms with Gasteiger partial charge < -0.3 is 0 Å². The molecule has 0 saturated heterocycles. The van der Waals surface area contributed by atoms with E-state index in [0.717, 1.165) is 4.35 Å². The van der Waals surface area contributed by atoms with E-state index < -0.39 is 5.97 Å². The third-order valence-electron chi connectivity index (χ3n) is 1.43. The quantitative estimate of drug-likeness (QED) is 0.732. The van der Waals surface area contributed by atoms with Gasteiger partial charge in [0.1, 0.15) is 0 Å². The number of hydrogen-bond donors (Lipinski definition) is 1. The van der Waals surface area contributed by atoms with E-state index in [2.05, 4.69) is 16.9 Å². The van der Waals surface area contributed by atoms with Crippen molar-refractivity contribution in [2.24, 2.45) is 0 Å². The molecule has 4 heteroatoms. The second kappa shape index (κ2) is 3.63. The molecule has 0 saturated carbocycles. The van der Waals surface area contributed by atoms with Crippen LogP contribution in [-0.2, 0) is 0 Å². The molecule has 1 N–H and O–H groups in total. The number of carboxylic acid groups (broad SMARTS) is 1. The van der Waals surface area contributed by atoms with Gasteiger partial charge >= 0.3 is 78.4 Å². The van der Waals surface area contributed by atoms with Gasteiger partial charge in [0.15, 0.2) is 0 Å². The molecule has 0 aliphatic carbocycles. The Hall–Kier alpha value is -0.952. The van der Waals surface area contributed by atoms with E-state index in [1.165, 1.54) is 6.07 Å². The van der Waals surface area contributed by atoms with Crippen molar-refractivity contribution < 1.29 is 14.6 Å². The van der Waals surface area contributed by atoms with Crippen molar-refractivity contribution in [1.82, 2.24) is 0 Å². The maximum absolute atomic E-state index is 10.5. The summed E-state index contributed by atoms with van der Waals surface area (Å²) < 4.78 is 5.74. The minimum atomic E-state index is -0.926. The van der Waals surface area contributed by atoms with Gasteiger partial charge in [-0.25, -0.2) is 0 Å². The van der Waals surface area contributed by atoms with Gasteiger partial charge in [-0.2, -0.15) is 0 Å². The molecule has 62 valence electrons. The standard InChI is InChI=1S/C8H7AsO3/c1-12-7-3-2-5(8(10)11)4-6(7)9/h2-4H,1H3,(H,10,11). The van der Waals surface area contributed by atoms with E-state index >= 15 is 0 Å². The number of carboxylic acids is 1. The van der Waals surface area contributed by atoms with Crippen LogP contribution in [0.4, 0.5) is 0 Å². The van der Waals surface area contributed by atoms with Crippen molar-refractivity contribution >= 4 is 27.2 Å². The zero-order valence-corrected chi connectivity index (χ0v) is 8.32. The van der Waals surface area contributed by atoms with Crippen LogP contribution >= 0.6 is 0 Å². The molecule has 0 aliphatic heterocycles. The van der Waals surface area contributed by atoms with Crippen molar-refractivity contribution in [3.05, 3.63) is 23.8 Å². The van der Waals surface area contributed by atoms with Crippen molar-refractivity contribution in [2.45, 2.75) is 0 Å². The SMILES string of the molecule is COc1ccc(C(=O)O)cc1[As]. The molecule has 0 heterocycles. The van der Waals surface area contributed by atoms with Crippen molar-refractivity contribution in [1.29, 1.82) is 0 Å². The summed E-state index contributed by atoms with van der Waals surface area (Å²) in [6, 6.07) is 4.70. The third-order valence-corrected chi connectivity index (χ3v) is 2.16. The summed E-state index contributed by atoms with van der Waals surface area (Å²) in [4.78, 5) is 10.5. The summed E-state index contributed by atoms with van der Waals surface area (Å²) in [7, 11) is 1.55. The molecule has 0 fully saturated rings. The molecule has 0 bridgehead atoms. The van der Waals surface area contributed by atoms with E-state index in [1.807, 2.05) is 0 Å². The summed E-state index contributed by atoms with van der Waals surface area (Å²) in [6.07, 6.45) is 0. The number of benzene rings is 1. The molecule has 0 atom stereocenters. The number of rotatable bonds is 2. The van der Waals surface area contributed by atoms with Gasteiger partial charge in [0, 0.05) is 0 Å². The monoisotopic (exact) mass is 226 g/mol. The molecule has 1 aromatic rings. The Balaban J connectivity index is 3.10. The predicted octanol–water partition coefficient (Wildman–Crippen LogP) is 0.187. The number of aromatic carboxylic acids is 1. The summed E-state index contributed by atoms with van der Waals surface area (Å²) in [6.45, 7) is 0. The van der Waals surface area contributed by atoms with E-state index in [1.54, 1.807) is 19.2 Å². The first-order valence-electron chi connectivity index (χ1n) is 3.25. The van der Waals surface area contributed by atoms with E-state index in [9.17, 15) is 4.79 Å². The molecular weight excluding hydrogens is 219 g/mol. The number of ether oxygens (including phenoxy) is 1. The van der Waals surface area contributed by atoms with Gasteiger partial charge in [0.05, 0.1) is 0 Å². The Labute approximate surface area is 78.9 Å². The predicted molar refractivity (Wildman–Crippen MR) is 45.3 cm³/mol. The van der Waals surface area contributed by atoms with Crippen LogP contribution in [0.5, 0.6) is 5.75 Å².